The average molecular weight is 334 g/mol. The van der Waals surface area contributed by atoms with Crippen LogP contribution >= 0.6 is 0 Å². The van der Waals surface area contributed by atoms with E-state index in [0.717, 1.165) is 17.1 Å². The molecule has 0 saturated carbocycles. The van der Waals surface area contributed by atoms with Crippen LogP contribution in [-0.2, 0) is 13.6 Å². The van der Waals surface area contributed by atoms with E-state index in [1.807, 2.05) is 30.7 Å². The Kier molecular flexibility index (Phi) is 5.96. The van der Waals surface area contributed by atoms with Gasteiger partial charge in [0.1, 0.15) is 11.6 Å². The van der Waals surface area contributed by atoms with Gasteiger partial charge >= 0.3 is 0 Å². The Morgan fingerprint density at radius 3 is 2.54 bits per heavy atom. The fraction of sp³-hybridized carbons (Fsp3) is 0.500. The third kappa shape index (κ3) is 3.94. The standard InChI is InChI=1S/C18H27FN4O/c1-12(2)17-14(18(22(3)4)23(5)21-17)10-20-11-16(24)13-8-6-7-9-15(13)19/h6-9,12,16,20,24H,10-11H2,1-5H3/t16-/m0/s1. The monoisotopic (exact) mass is 334 g/mol. The van der Waals surface area contributed by atoms with Gasteiger partial charge in [-0.1, -0.05) is 32.0 Å². The van der Waals surface area contributed by atoms with Gasteiger partial charge in [0, 0.05) is 45.4 Å². The van der Waals surface area contributed by atoms with E-state index in [0.29, 0.717) is 18.0 Å². The molecule has 2 aromatic rings. The molecule has 0 aliphatic rings. The molecule has 0 amide bonds. The van der Waals surface area contributed by atoms with Crippen LogP contribution in [0.1, 0.15) is 42.7 Å². The van der Waals surface area contributed by atoms with Crippen molar-refractivity contribution in [3.8, 4) is 0 Å². The van der Waals surface area contributed by atoms with Crippen LogP contribution in [-0.4, -0.2) is 35.5 Å². The molecule has 2 rings (SSSR count). The number of aryl methyl sites for hydroxylation is 1. The lowest BCUT2D eigenvalue weighted by molar-refractivity contribution is 0.169. The van der Waals surface area contributed by atoms with E-state index < -0.39 is 6.10 Å². The zero-order valence-corrected chi connectivity index (χ0v) is 15.0. The maximum absolute atomic E-state index is 13.7. The first-order chi connectivity index (χ1) is 11.3. The van der Waals surface area contributed by atoms with Crippen molar-refractivity contribution in [2.24, 2.45) is 7.05 Å². The molecular formula is C18H27FN4O. The maximum Gasteiger partial charge on any atom is 0.130 e. The normalized spacial score (nSPS) is 12.7. The quantitative estimate of drug-likeness (QED) is 0.817. The molecule has 0 aliphatic carbocycles. The van der Waals surface area contributed by atoms with E-state index in [1.165, 1.54) is 6.07 Å². The van der Waals surface area contributed by atoms with Crippen molar-refractivity contribution < 1.29 is 9.50 Å². The lowest BCUT2D eigenvalue weighted by Gasteiger charge is -2.17. The summed E-state index contributed by atoms with van der Waals surface area (Å²) in [4.78, 5) is 2.03. The molecule has 2 N–H and O–H groups in total. The summed E-state index contributed by atoms with van der Waals surface area (Å²) < 4.78 is 15.6. The summed E-state index contributed by atoms with van der Waals surface area (Å²) >= 11 is 0. The Morgan fingerprint density at radius 2 is 1.96 bits per heavy atom. The number of aliphatic hydroxyl groups excluding tert-OH is 1. The van der Waals surface area contributed by atoms with E-state index >= 15 is 0 Å². The molecular weight excluding hydrogens is 307 g/mol. The fourth-order valence-electron chi connectivity index (χ4n) is 2.96. The highest BCUT2D eigenvalue weighted by Gasteiger charge is 2.20. The van der Waals surface area contributed by atoms with Gasteiger partial charge in [0.05, 0.1) is 11.8 Å². The number of hydrogen-bond acceptors (Lipinski definition) is 4. The van der Waals surface area contributed by atoms with Gasteiger partial charge in [-0.2, -0.15) is 5.10 Å². The molecule has 1 aromatic heterocycles. The smallest absolute Gasteiger partial charge is 0.130 e. The number of benzene rings is 1. The Hall–Kier alpha value is -1.92. The van der Waals surface area contributed by atoms with Gasteiger partial charge in [-0.05, 0) is 12.0 Å². The van der Waals surface area contributed by atoms with Gasteiger partial charge in [0.25, 0.3) is 0 Å². The van der Waals surface area contributed by atoms with Crippen molar-refractivity contribution in [2.75, 3.05) is 25.5 Å². The van der Waals surface area contributed by atoms with Gasteiger partial charge in [0.15, 0.2) is 0 Å². The molecule has 24 heavy (non-hydrogen) atoms. The first-order valence-corrected chi connectivity index (χ1v) is 8.19. The molecule has 5 nitrogen and oxygen atoms in total. The summed E-state index contributed by atoms with van der Waals surface area (Å²) in [5, 5.41) is 18.1. The molecule has 1 heterocycles. The van der Waals surface area contributed by atoms with Gasteiger partial charge in [-0.25, -0.2) is 4.39 Å². The number of rotatable bonds is 7. The van der Waals surface area contributed by atoms with Crippen molar-refractivity contribution in [3.63, 3.8) is 0 Å². The van der Waals surface area contributed by atoms with Crippen LogP contribution in [0.25, 0.3) is 0 Å². The zero-order valence-electron chi connectivity index (χ0n) is 15.0. The maximum atomic E-state index is 13.7. The number of halogens is 1. The topological polar surface area (TPSA) is 53.3 Å². The predicted molar refractivity (Wildman–Crippen MR) is 94.7 cm³/mol. The lowest BCUT2D eigenvalue weighted by atomic mass is 10.0. The summed E-state index contributed by atoms with van der Waals surface area (Å²) in [6.07, 6.45) is -0.881. The van der Waals surface area contributed by atoms with E-state index in [2.05, 4.69) is 24.3 Å². The third-order valence-corrected chi connectivity index (χ3v) is 4.02. The average Bonchev–Trinajstić information content (AvgIpc) is 2.84. The van der Waals surface area contributed by atoms with E-state index in [-0.39, 0.29) is 12.4 Å². The number of aliphatic hydroxyl groups is 1. The molecule has 0 spiro atoms. The summed E-state index contributed by atoms with van der Waals surface area (Å²) in [5.41, 5.74) is 2.46. The van der Waals surface area contributed by atoms with Crippen LogP contribution in [0.5, 0.6) is 0 Å². The molecule has 0 radical (unpaired) electrons. The summed E-state index contributed by atoms with van der Waals surface area (Å²) in [5.74, 6) is 0.954. The van der Waals surface area contributed by atoms with Crippen molar-refractivity contribution in [1.82, 2.24) is 15.1 Å². The van der Waals surface area contributed by atoms with Crippen molar-refractivity contribution in [2.45, 2.75) is 32.4 Å². The summed E-state index contributed by atoms with van der Waals surface area (Å²) in [7, 11) is 5.90. The van der Waals surface area contributed by atoms with E-state index in [4.69, 9.17) is 0 Å². The molecule has 0 aliphatic heterocycles. The van der Waals surface area contributed by atoms with Gasteiger partial charge in [-0.3, -0.25) is 4.68 Å². The molecule has 0 fully saturated rings. The Labute approximate surface area is 143 Å². The number of nitrogens with one attached hydrogen (secondary N) is 1. The van der Waals surface area contributed by atoms with E-state index in [1.54, 1.807) is 18.2 Å². The second kappa shape index (κ2) is 7.77. The van der Waals surface area contributed by atoms with Crippen molar-refractivity contribution in [3.05, 3.63) is 46.9 Å². The van der Waals surface area contributed by atoms with Crippen LogP contribution < -0.4 is 10.2 Å². The number of aromatic nitrogens is 2. The molecule has 0 saturated heterocycles. The highest BCUT2D eigenvalue weighted by Crippen LogP contribution is 2.27. The lowest BCUT2D eigenvalue weighted by Crippen LogP contribution is -2.24. The number of nitrogens with zero attached hydrogens (tertiary/aromatic N) is 3. The van der Waals surface area contributed by atoms with Gasteiger partial charge in [0.2, 0.25) is 0 Å². The van der Waals surface area contributed by atoms with Crippen LogP contribution in [0.3, 0.4) is 0 Å². The second-order valence-electron chi connectivity index (χ2n) is 6.53. The minimum absolute atomic E-state index is 0.278. The first-order valence-electron chi connectivity index (χ1n) is 8.19. The molecule has 0 bridgehead atoms. The number of anilines is 1. The highest BCUT2D eigenvalue weighted by molar-refractivity contribution is 5.50. The Balaban J connectivity index is 2.10. The minimum Gasteiger partial charge on any atom is -0.387 e. The van der Waals surface area contributed by atoms with Crippen molar-refractivity contribution in [1.29, 1.82) is 0 Å². The zero-order chi connectivity index (χ0) is 17.9. The molecule has 1 aromatic carbocycles. The minimum atomic E-state index is -0.881. The predicted octanol–water partition coefficient (Wildman–Crippen LogP) is 2.57. The Bertz CT molecular complexity index is 682. The Morgan fingerprint density at radius 1 is 1.29 bits per heavy atom. The van der Waals surface area contributed by atoms with Gasteiger partial charge in [-0.15, -0.1) is 0 Å². The largest absolute Gasteiger partial charge is 0.387 e. The van der Waals surface area contributed by atoms with Crippen LogP contribution in [0.2, 0.25) is 0 Å². The number of hydrogen-bond donors (Lipinski definition) is 2. The van der Waals surface area contributed by atoms with Gasteiger partial charge < -0.3 is 15.3 Å². The second-order valence-corrected chi connectivity index (χ2v) is 6.53. The molecule has 6 heteroatoms. The van der Waals surface area contributed by atoms with Crippen LogP contribution in [0.4, 0.5) is 10.2 Å². The van der Waals surface area contributed by atoms with Crippen LogP contribution in [0, 0.1) is 5.82 Å². The SMILES string of the molecule is CC(C)c1nn(C)c(N(C)C)c1CNC[C@H](O)c1ccccc1F. The fourth-order valence-corrected chi connectivity index (χ4v) is 2.96. The van der Waals surface area contributed by atoms with Crippen molar-refractivity contribution >= 4 is 5.82 Å². The molecule has 132 valence electrons. The highest BCUT2D eigenvalue weighted by atomic mass is 19.1. The first kappa shape index (κ1) is 18.4. The third-order valence-electron chi connectivity index (χ3n) is 4.02. The molecule has 0 unspecified atom stereocenters. The van der Waals surface area contributed by atoms with Crippen LogP contribution in [0.15, 0.2) is 24.3 Å². The van der Waals surface area contributed by atoms with E-state index in [9.17, 15) is 9.50 Å². The molecule has 1 atom stereocenters. The summed E-state index contributed by atoms with van der Waals surface area (Å²) in [6, 6.07) is 6.31. The summed E-state index contributed by atoms with van der Waals surface area (Å²) in [6.45, 7) is 5.07.